The van der Waals surface area contributed by atoms with Gasteiger partial charge in [0.2, 0.25) is 5.88 Å². The molecule has 3 aromatic rings. The molecule has 4 rings (SSSR count). The maximum atomic E-state index is 13.6. The molecule has 1 aliphatic rings. The molecule has 0 aromatic carbocycles. The lowest BCUT2D eigenvalue weighted by Gasteiger charge is -2.30. The topological polar surface area (TPSA) is 105 Å². The maximum absolute atomic E-state index is 13.6. The predicted octanol–water partition coefficient (Wildman–Crippen LogP) is 4.84. The molecule has 9 nitrogen and oxygen atoms in total. The zero-order valence-electron chi connectivity index (χ0n) is 23.3. The Hall–Kier alpha value is -3.93. The first-order valence-electron chi connectivity index (χ1n) is 12.9. The number of pyridine rings is 2. The highest BCUT2D eigenvalue weighted by Gasteiger charge is 2.47. The molecule has 12 heteroatoms. The molecule has 2 N–H and O–H groups in total. The summed E-state index contributed by atoms with van der Waals surface area (Å²) in [6, 6.07) is 3.48. The van der Waals surface area contributed by atoms with Gasteiger partial charge in [0.15, 0.2) is 0 Å². The SMILES string of the molecule is CC/C=C(\NC(C)CO)c1cc(-c2cc(C)c3c(n2)C(C)(C)N(c2cnn(CC(F)(F)F)c2)C3=O)cnc1OC. The number of nitrogens with one attached hydrogen (secondary N) is 1. The van der Waals surface area contributed by atoms with Gasteiger partial charge in [0.05, 0.1) is 53.7 Å². The van der Waals surface area contributed by atoms with E-state index in [9.17, 15) is 23.1 Å². The second-order valence-corrected chi connectivity index (χ2v) is 10.3. The summed E-state index contributed by atoms with van der Waals surface area (Å²) in [5.41, 5.74) is 3.58. The number of amides is 1. The molecule has 214 valence electrons. The summed E-state index contributed by atoms with van der Waals surface area (Å²) in [7, 11) is 1.53. The standard InChI is InChI=1S/C28H33F3N6O3/c1-7-8-21(34-17(3)14-38)20-10-18(11-32-25(20)40-6)22-9-16(2)23-24(35-22)27(4,5)37(26(23)39)19-12-33-36(13-19)15-28(29,30)31/h8-13,17,34,38H,7,14-15H2,1-6H3/b21-8-. The fourth-order valence-electron chi connectivity index (χ4n) is 4.89. The molecule has 0 saturated heterocycles. The van der Waals surface area contributed by atoms with Crippen LogP contribution in [0.3, 0.4) is 0 Å². The number of aliphatic hydroxyl groups is 1. The Labute approximate surface area is 230 Å². The van der Waals surface area contributed by atoms with Gasteiger partial charge in [-0.25, -0.2) is 9.97 Å². The average Bonchev–Trinajstić information content (AvgIpc) is 3.40. The number of carbonyl (C=O) groups is 1. The fraction of sp³-hybridized carbons (Fsp3) is 0.429. The van der Waals surface area contributed by atoms with Gasteiger partial charge in [-0.1, -0.05) is 13.0 Å². The van der Waals surface area contributed by atoms with Crippen LogP contribution in [0.15, 0.2) is 36.8 Å². The second-order valence-electron chi connectivity index (χ2n) is 10.3. The van der Waals surface area contributed by atoms with Crippen molar-refractivity contribution >= 4 is 17.3 Å². The Morgan fingerprint density at radius 2 is 2.00 bits per heavy atom. The molecule has 4 heterocycles. The van der Waals surface area contributed by atoms with E-state index in [-0.39, 0.29) is 24.2 Å². The maximum Gasteiger partial charge on any atom is 0.408 e. The van der Waals surface area contributed by atoms with Crippen LogP contribution in [0.4, 0.5) is 18.9 Å². The van der Waals surface area contributed by atoms with E-state index >= 15 is 0 Å². The minimum Gasteiger partial charge on any atom is -0.481 e. The van der Waals surface area contributed by atoms with Gasteiger partial charge in [-0.3, -0.25) is 14.4 Å². The number of halogens is 3. The minimum atomic E-state index is -4.44. The Morgan fingerprint density at radius 1 is 1.27 bits per heavy atom. The van der Waals surface area contributed by atoms with E-state index in [0.29, 0.717) is 39.5 Å². The Bertz CT molecular complexity index is 1450. The van der Waals surface area contributed by atoms with E-state index in [1.54, 1.807) is 33.0 Å². The van der Waals surface area contributed by atoms with E-state index in [2.05, 4.69) is 15.4 Å². The Kier molecular flexibility index (Phi) is 7.93. The third-order valence-electron chi connectivity index (χ3n) is 6.71. The fourth-order valence-corrected chi connectivity index (χ4v) is 4.89. The number of nitrogens with zero attached hydrogens (tertiary/aromatic N) is 5. The number of anilines is 1. The molecule has 0 fully saturated rings. The van der Waals surface area contributed by atoms with Gasteiger partial charge in [0.1, 0.15) is 6.54 Å². The smallest absolute Gasteiger partial charge is 0.408 e. The number of allylic oxidation sites excluding steroid dienone is 1. The van der Waals surface area contributed by atoms with Crippen LogP contribution in [0.1, 0.15) is 61.3 Å². The first kappa shape index (κ1) is 29.1. The van der Waals surface area contributed by atoms with Crippen molar-refractivity contribution < 1.29 is 27.8 Å². The van der Waals surface area contributed by atoms with Crippen LogP contribution in [0.5, 0.6) is 5.88 Å². The normalized spacial score (nSPS) is 15.8. The number of alkyl halides is 3. The molecular formula is C28H33F3N6O3. The summed E-state index contributed by atoms with van der Waals surface area (Å²) in [4.78, 5) is 24.4. The summed E-state index contributed by atoms with van der Waals surface area (Å²) in [5.74, 6) is 0.0449. The summed E-state index contributed by atoms with van der Waals surface area (Å²) in [6.45, 7) is 7.95. The van der Waals surface area contributed by atoms with Crippen molar-refractivity contribution in [2.45, 2.75) is 65.3 Å². The molecule has 40 heavy (non-hydrogen) atoms. The van der Waals surface area contributed by atoms with Crippen molar-refractivity contribution in [1.82, 2.24) is 25.1 Å². The van der Waals surface area contributed by atoms with Crippen molar-refractivity contribution in [3.8, 4) is 17.1 Å². The van der Waals surface area contributed by atoms with Crippen LogP contribution in [0.25, 0.3) is 17.0 Å². The molecule has 0 radical (unpaired) electrons. The third kappa shape index (κ3) is 5.53. The molecule has 1 amide bonds. The first-order valence-corrected chi connectivity index (χ1v) is 12.9. The van der Waals surface area contributed by atoms with Gasteiger partial charge in [-0.05, 0) is 51.8 Å². The number of carbonyl (C=O) groups excluding carboxylic acids is 1. The van der Waals surface area contributed by atoms with E-state index in [1.807, 2.05) is 26.0 Å². The van der Waals surface area contributed by atoms with Gasteiger partial charge < -0.3 is 15.2 Å². The van der Waals surface area contributed by atoms with Gasteiger partial charge in [0.25, 0.3) is 5.91 Å². The number of aromatic nitrogens is 4. The highest BCUT2D eigenvalue weighted by atomic mass is 19.4. The molecule has 1 unspecified atom stereocenters. The summed E-state index contributed by atoms with van der Waals surface area (Å²) < 4.78 is 45.0. The van der Waals surface area contributed by atoms with E-state index in [4.69, 9.17) is 9.72 Å². The number of methoxy groups -OCH3 is 1. The number of aliphatic hydroxyl groups excluding tert-OH is 1. The molecule has 1 atom stereocenters. The van der Waals surface area contributed by atoms with Crippen molar-refractivity contribution in [3.63, 3.8) is 0 Å². The third-order valence-corrected chi connectivity index (χ3v) is 6.71. The van der Waals surface area contributed by atoms with E-state index in [1.165, 1.54) is 24.4 Å². The zero-order valence-corrected chi connectivity index (χ0v) is 23.3. The molecule has 0 bridgehead atoms. The van der Waals surface area contributed by atoms with Crippen LogP contribution in [0.2, 0.25) is 0 Å². The second kappa shape index (κ2) is 10.9. The summed E-state index contributed by atoms with van der Waals surface area (Å²) in [6.07, 6.45) is 2.39. The number of ether oxygens (including phenoxy) is 1. The van der Waals surface area contributed by atoms with Crippen molar-refractivity contribution in [2.24, 2.45) is 0 Å². The van der Waals surface area contributed by atoms with E-state index in [0.717, 1.165) is 16.8 Å². The number of hydrogen-bond acceptors (Lipinski definition) is 7. The van der Waals surface area contributed by atoms with Crippen LogP contribution in [-0.2, 0) is 12.1 Å². The van der Waals surface area contributed by atoms with Crippen LogP contribution in [-0.4, -0.2) is 56.7 Å². The highest BCUT2D eigenvalue weighted by Crippen LogP contribution is 2.43. The predicted molar refractivity (Wildman–Crippen MR) is 145 cm³/mol. The van der Waals surface area contributed by atoms with Crippen LogP contribution in [0, 0.1) is 6.92 Å². The minimum absolute atomic E-state index is 0.0587. The van der Waals surface area contributed by atoms with Crippen molar-refractivity contribution in [3.05, 3.63) is 59.2 Å². The summed E-state index contributed by atoms with van der Waals surface area (Å²) >= 11 is 0. The number of hydrogen-bond donors (Lipinski definition) is 2. The highest BCUT2D eigenvalue weighted by molar-refractivity contribution is 6.12. The first-order chi connectivity index (χ1) is 18.8. The number of rotatable bonds is 9. The lowest BCUT2D eigenvalue weighted by atomic mass is 9.95. The lowest BCUT2D eigenvalue weighted by Crippen LogP contribution is -2.39. The van der Waals surface area contributed by atoms with Gasteiger partial charge in [0, 0.05) is 29.7 Å². The van der Waals surface area contributed by atoms with Gasteiger partial charge in [-0.15, -0.1) is 0 Å². The number of aryl methyl sites for hydroxylation is 1. The Morgan fingerprint density at radius 3 is 2.62 bits per heavy atom. The van der Waals surface area contributed by atoms with Crippen LogP contribution < -0.4 is 15.0 Å². The molecule has 0 saturated carbocycles. The summed E-state index contributed by atoms with van der Waals surface area (Å²) in [5, 5.41) is 16.7. The van der Waals surface area contributed by atoms with Crippen LogP contribution >= 0.6 is 0 Å². The molecular weight excluding hydrogens is 525 g/mol. The van der Waals surface area contributed by atoms with Crippen molar-refractivity contribution in [2.75, 3.05) is 18.6 Å². The lowest BCUT2D eigenvalue weighted by molar-refractivity contribution is -0.142. The molecule has 0 spiro atoms. The average molecular weight is 559 g/mol. The molecule has 1 aliphatic heterocycles. The Balaban J connectivity index is 1.77. The monoisotopic (exact) mass is 558 g/mol. The quantitative estimate of drug-likeness (QED) is 0.387. The molecule has 3 aromatic heterocycles. The van der Waals surface area contributed by atoms with E-state index < -0.39 is 18.3 Å². The zero-order chi connectivity index (χ0) is 29.4. The van der Waals surface area contributed by atoms with Gasteiger partial charge >= 0.3 is 6.18 Å². The van der Waals surface area contributed by atoms with Gasteiger partial charge in [-0.2, -0.15) is 18.3 Å². The molecule has 0 aliphatic carbocycles. The number of fused-ring (bicyclic) bond motifs is 1. The largest absolute Gasteiger partial charge is 0.481 e. The van der Waals surface area contributed by atoms with Crippen molar-refractivity contribution in [1.29, 1.82) is 0 Å².